The molecule has 1 heterocycles. The Labute approximate surface area is 131 Å². The van der Waals surface area contributed by atoms with Gasteiger partial charge >= 0.3 is 0 Å². The van der Waals surface area contributed by atoms with Crippen molar-refractivity contribution in [3.05, 3.63) is 58.0 Å². The molecule has 0 spiro atoms. The maximum absolute atomic E-state index is 11.9. The molecule has 1 aromatic heterocycles. The lowest BCUT2D eigenvalue weighted by molar-refractivity contribution is 0.0910. The summed E-state index contributed by atoms with van der Waals surface area (Å²) in [5.41, 5.74) is 0.366. The standard InChI is InChI=1S/C14H12Cl2N2O3/c15-10-6-9(7-11(16)8-10)13(19)17-3-4-18-14(20)12-2-1-5-21-12/h1-2,5-8H,3-4H2,(H,17,19)(H,18,20). The molecule has 0 saturated carbocycles. The maximum Gasteiger partial charge on any atom is 0.287 e. The first-order valence-corrected chi connectivity index (χ1v) is 6.88. The molecule has 0 aliphatic carbocycles. The van der Waals surface area contributed by atoms with E-state index >= 15 is 0 Å². The van der Waals surface area contributed by atoms with Gasteiger partial charge in [-0.1, -0.05) is 23.2 Å². The van der Waals surface area contributed by atoms with Crippen molar-refractivity contribution in [3.63, 3.8) is 0 Å². The van der Waals surface area contributed by atoms with E-state index in [-0.39, 0.29) is 30.7 Å². The van der Waals surface area contributed by atoms with E-state index in [4.69, 9.17) is 27.6 Å². The molecule has 2 rings (SSSR count). The Bertz CT molecular complexity index is 621. The summed E-state index contributed by atoms with van der Waals surface area (Å²) in [5.74, 6) is -0.422. The van der Waals surface area contributed by atoms with E-state index in [2.05, 4.69) is 10.6 Å². The summed E-state index contributed by atoms with van der Waals surface area (Å²) in [4.78, 5) is 23.4. The molecule has 0 radical (unpaired) electrons. The third-order valence-electron chi connectivity index (χ3n) is 2.57. The number of carbonyl (C=O) groups excluding carboxylic acids is 2. The van der Waals surface area contributed by atoms with Gasteiger partial charge in [-0.25, -0.2) is 0 Å². The predicted octanol–water partition coefficient (Wildman–Crippen LogP) is 2.75. The molecule has 21 heavy (non-hydrogen) atoms. The summed E-state index contributed by atoms with van der Waals surface area (Å²) in [7, 11) is 0. The first-order chi connectivity index (χ1) is 10.1. The summed E-state index contributed by atoms with van der Waals surface area (Å²) in [6.07, 6.45) is 1.42. The second kappa shape index (κ2) is 7.15. The lowest BCUT2D eigenvalue weighted by Crippen LogP contribution is -2.34. The van der Waals surface area contributed by atoms with E-state index < -0.39 is 0 Å². The topological polar surface area (TPSA) is 71.3 Å². The van der Waals surface area contributed by atoms with E-state index in [1.807, 2.05) is 0 Å². The molecule has 5 nitrogen and oxygen atoms in total. The van der Waals surface area contributed by atoms with Gasteiger partial charge in [-0.2, -0.15) is 0 Å². The first-order valence-electron chi connectivity index (χ1n) is 6.12. The second-order valence-corrected chi connectivity index (χ2v) is 5.02. The number of amides is 2. The number of benzene rings is 1. The van der Waals surface area contributed by atoms with Crippen molar-refractivity contribution < 1.29 is 14.0 Å². The monoisotopic (exact) mass is 326 g/mol. The van der Waals surface area contributed by atoms with Crippen LogP contribution in [0.5, 0.6) is 0 Å². The largest absolute Gasteiger partial charge is 0.459 e. The highest BCUT2D eigenvalue weighted by molar-refractivity contribution is 6.35. The van der Waals surface area contributed by atoms with Gasteiger partial charge in [0.25, 0.3) is 11.8 Å². The Kier molecular flexibility index (Phi) is 5.25. The SMILES string of the molecule is O=C(NCCNC(=O)c1ccco1)c1cc(Cl)cc(Cl)c1. The van der Waals surface area contributed by atoms with Crippen molar-refractivity contribution in [2.75, 3.05) is 13.1 Å². The van der Waals surface area contributed by atoms with Crippen LogP contribution in [-0.2, 0) is 0 Å². The van der Waals surface area contributed by atoms with Crippen molar-refractivity contribution in [1.29, 1.82) is 0 Å². The average Bonchev–Trinajstić information content (AvgIpc) is 2.96. The van der Waals surface area contributed by atoms with Crippen LogP contribution in [0.2, 0.25) is 10.0 Å². The molecule has 0 unspecified atom stereocenters. The van der Waals surface area contributed by atoms with Gasteiger partial charge in [-0.05, 0) is 30.3 Å². The van der Waals surface area contributed by atoms with Crippen LogP contribution in [0.1, 0.15) is 20.9 Å². The Balaban J connectivity index is 1.78. The molecule has 0 atom stereocenters. The van der Waals surface area contributed by atoms with Crippen LogP contribution in [-0.4, -0.2) is 24.9 Å². The minimum atomic E-state index is -0.333. The van der Waals surface area contributed by atoms with Gasteiger partial charge < -0.3 is 15.1 Å². The molecule has 0 aliphatic heterocycles. The first kappa shape index (κ1) is 15.4. The average molecular weight is 327 g/mol. The lowest BCUT2D eigenvalue weighted by atomic mass is 10.2. The molecular weight excluding hydrogens is 315 g/mol. The van der Waals surface area contributed by atoms with E-state index in [1.54, 1.807) is 18.2 Å². The molecule has 0 fully saturated rings. The van der Waals surface area contributed by atoms with E-state index in [9.17, 15) is 9.59 Å². The highest BCUT2D eigenvalue weighted by Gasteiger charge is 2.09. The maximum atomic E-state index is 11.9. The second-order valence-electron chi connectivity index (χ2n) is 4.15. The summed E-state index contributed by atoms with van der Waals surface area (Å²) in [5, 5.41) is 6.04. The summed E-state index contributed by atoms with van der Waals surface area (Å²) < 4.78 is 4.94. The summed E-state index contributed by atoms with van der Waals surface area (Å²) in [6.45, 7) is 0.551. The fourth-order valence-electron chi connectivity index (χ4n) is 1.63. The van der Waals surface area contributed by atoms with Crippen LogP contribution >= 0.6 is 23.2 Å². The number of hydrogen-bond donors (Lipinski definition) is 2. The molecule has 0 saturated heterocycles. The van der Waals surface area contributed by atoms with Crippen molar-refractivity contribution in [2.45, 2.75) is 0 Å². The number of halogens is 2. The molecule has 1 aromatic carbocycles. The zero-order valence-electron chi connectivity index (χ0n) is 10.9. The van der Waals surface area contributed by atoms with Crippen LogP contribution in [0.25, 0.3) is 0 Å². The lowest BCUT2D eigenvalue weighted by Gasteiger charge is -2.07. The molecule has 110 valence electrons. The number of hydrogen-bond acceptors (Lipinski definition) is 3. The molecule has 2 N–H and O–H groups in total. The Morgan fingerprint density at radius 2 is 1.62 bits per heavy atom. The number of rotatable bonds is 5. The highest BCUT2D eigenvalue weighted by Crippen LogP contribution is 2.18. The van der Waals surface area contributed by atoms with Crippen molar-refractivity contribution in [2.24, 2.45) is 0 Å². The molecule has 7 heteroatoms. The minimum Gasteiger partial charge on any atom is -0.459 e. The van der Waals surface area contributed by atoms with Crippen LogP contribution in [0, 0.1) is 0 Å². The van der Waals surface area contributed by atoms with Gasteiger partial charge in [0.1, 0.15) is 0 Å². The molecular formula is C14H12Cl2N2O3. The minimum absolute atomic E-state index is 0.225. The van der Waals surface area contributed by atoms with Crippen molar-refractivity contribution >= 4 is 35.0 Å². The van der Waals surface area contributed by atoms with Gasteiger partial charge in [0.05, 0.1) is 6.26 Å². The van der Waals surface area contributed by atoms with Crippen molar-refractivity contribution in [1.82, 2.24) is 10.6 Å². The summed E-state index contributed by atoms with van der Waals surface area (Å²) >= 11 is 11.6. The summed E-state index contributed by atoms with van der Waals surface area (Å²) in [6, 6.07) is 7.76. The number of nitrogens with one attached hydrogen (secondary N) is 2. The Hall–Kier alpha value is -1.98. The van der Waals surface area contributed by atoms with Crippen LogP contribution in [0.4, 0.5) is 0 Å². The fourth-order valence-corrected chi connectivity index (χ4v) is 2.16. The Morgan fingerprint density at radius 1 is 1.00 bits per heavy atom. The van der Waals surface area contributed by atoms with E-state index in [0.717, 1.165) is 0 Å². The fraction of sp³-hybridized carbons (Fsp3) is 0.143. The van der Waals surface area contributed by atoms with E-state index in [1.165, 1.54) is 18.4 Å². The van der Waals surface area contributed by atoms with Gasteiger partial charge in [-0.15, -0.1) is 0 Å². The van der Waals surface area contributed by atoms with E-state index in [0.29, 0.717) is 15.6 Å². The molecule has 2 amide bonds. The van der Waals surface area contributed by atoms with Gasteiger partial charge in [-0.3, -0.25) is 9.59 Å². The zero-order chi connectivity index (χ0) is 15.2. The normalized spacial score (nSPS) is 10.2. The van der Waals surface area contributed by atoms with Crippen LogP contribution in [0.15, 0.2) is 41.0 Å². The molecule has 0 aliphatic rings. The predicted molar refractivity (Wildman–Crippen MR) is 79.8 cm³/mol. The third kappa shape index (κ3) is 4.51. The zero-order valence-corrected chi connectivity index (χ0v) is 12.4. The quantitative estimate of drug-likeness (QED) is 0.830. The molecule has 2 aromatic rings. The van der Waals surface area contributed by atoms with Crippen LogP contribution < -0.4 is 10.6 Å². The van der Waals surface area contributed by atoms with Gasteiger partial charge in [0, 0.05) is 28.7 Å². The number of furan rings is 1. The van der Waals surface area contributed by atoms with Gasteiger partial charge in [0.2, 0.25) is 0 Å². The smallest absolute Gasteiger partial charge is 0.287 e. The number of carbonyl (C=O) groups is 2. The highest BCUT2D eigenvalue weighted by atomic mass is 35.5. The molecule has 0 bridgehead atoms. The van der Waals surface area contributed by atoms with Crippen molar-refractivity contribution in [3.8, 4) is 0 Å². The van der Waals surface area contributed by atoms with Gasteiger partial charge in [0.15, 0.2) is 5.76 Å². The third-order valence-corrected chi connectivity index (χ3v) is 3.00. The Morgan fingerprint density at radius 3 is 2.19 bits per heavy atom. The van der Waals surface area contributed by atoms with Crippen LogP contribution in [0.3, 0.4) is 0 Å².